The van der Waals surface area contributed by atoms with E-state index in [1.807, 2.05) is 19.9 Å². The van der Waals surface area contributed by atoms with Gasteiger partial charge >= 0.3 is 5.97 Å². The Morgan fingerprint density at radius 3 is 2.55 bits per heavy atom. The van der Waals surface area contributed by atoms with Crippen molar-refractivity contribution in [3.8, 4) is 11.3 Å². The summed E-state index contributed by atoms with van der Waals surface area (Å²) in [7, 11) is 0. The molecule has 168 valence electrons. The average Bonchev–Trinajstić information content (AvgIpc) is 3.50. The van der Waals surface area contributed by atoms with Gasteiger partial charge in [0.15, 0.2) is 6.61 Å². The highest BCUT2D eigenvalue weighted by molar-refractivity contribution is 6.06. The zero-order chi connectivity index (χ0) is 23.3. The first-order valence-electron chi connectivity index (χ1n) is 10.7. The summed E-state index contributed by atoms with van der Waals surface area (Å²) in [6, 6.07) is 9.59. The number of hydrogen-bond acceptors (Lipinski definition) is 6. The lowest BCUT2D eigenvalue weighted by Gasteiger charge is -2.09. The zero-order valence-electron chi connectivity index (χ0n) is 18.5. The first kappa shape index (κ1) is 21.1. The molecule has 0 aliphatic heterocycles. The molecule has 0 unspecified atom stereocenters. The van der Waals surface area contributed by atoms with Crippen LogP contribution < -0.4 is 0 Å². The third-order valence-corrected chi connectivity index (χ3v) is 6.01. The van der Waals surface area contributed by atoms with E-state index in [0.717, 1.165) is 24.2 Å². The molecule has 8 heteroatoms. The number of nitrogens with zero attached hydrogens (tertiary/aromatic N) is 3. The largest absolute Gasteiger partial charge is 0.454 e. The molecule has 4 aromatic rings. The number of benzene rings is 1. The second-order valence-corrected chi connectivity index (χ2v) is 8.40. The molecule has 0 amide bonds. The number of Topliss-reactive ketones (excluding diaryl/α,β-unsaturated/α-hetero) is 1. The number of ether oxygens (including phenoxy) is 1. The van der Waals surface area contributed by atoms with Crippen LogP contribution in [0.5, 0.6) is 0 Å². The number of rotatable bonds is 6. The van der Waals surface area contributed by atoms with E-state index in [1.54, 1.807) is 25.1 Å². The SMILES string of the molecule is Cc1noc2nc(-c3ccc(F)cc3)cc(C(=O)OCC(=O)c3cc(C)n(C4CC4)c3C)c12. The topological polar surface area (TPSA) is 87.2 Å². The number of ketones is 1. The Balaban J connectivity index is 1.42. The smallest absolute Gasteiger partial charge is 0.339 e. The van der Waals surface area contributed by atoms with Crippen molar-refractivity contribution in [2.75, 3.05) is 6.61 Å². The summed E-state index contributed by atoms with van der Waals surface area (Å²) in [6.45, 7) is 5.21. The number of pyridine rings is 1. The second kappa shape index (κ2) is 7.95. The van der Waals surface area contributed by atoms with Crippen molar-refractivity contribution in [1.29, 1.82) is 0 Å². The minimum Gasteiger partial charge on any atom is -0.454 e. The van der Waals surface area contributed by atoms with Gasteiger partial charge < -0.3 is 13.8 Å². The summed E-state index contributed by atoms with van der Waals surface area (Å²) in [5, 5.41) is 4.32. The Hall–Kier alpha value is -3.81. The second-order valence-electron chi connectivity index (χ2n) is 8.40. The minimum absolute atomic E-state index is 0.167. The molecule has 0 spiro atoms. The number of halogens is 1. The molecule has 0 N–H and O–H groups in total. The van der Waals surface area contributed by atoms with Gasteiger partial charge in [0, 0.05) is 28.6 Å². The minimum atomic E-state index is -0.679. The summed E-state index contributed by atoms with van der Waals surface area (Å²) in [5.41, 5.74) is 4.35. The van der Waals surface area contributed by atoms with E-state index < -0.39 is 5.97 Å². The molecule has 33 heavy (non-hydrogen) atoms. The molecule has 1 aliphatic carbocycles. The van der Waals surface area contributed by atoms with E-state index in [0.29, 0.717) is 33.9 Å². The molecule has 1 aromatic carbocycles. The number of hydrogen-bond donors (Lipinski definition) is 0. The highest BCUT2D eigenvalue weighted by atomic mass is 19.1. The lowest BCUT2D eigenvalue weighted by molar-refractivity contribution is 0.0476. The fourth-order valence-corrected chi connectivity index (χ4v) is 4.26. The molecular weight excluding hydrogens is 425 g/mol. The van der Waals surface area contributed by atoms with E-state index in [9.17, 15) is 14.0 Å². The predicted molar refractivity (Wildman–Crippen MR) is 119 cm³/mol. The molecule has 5 rings (SSSR count). The quantitative estimate of drug-likeness (QED) is 0.301. The predicted octanol–water partition coefficient (Wildman–Crippen LogP) is 5.13. The van der Waals surface area contributed by atoms with Gasteiger partial charge in [-0.2, -0.15) is 0 Å². The third-order valence-electron chi connectivity index (χ3n) is 6.01. The van der Waals surface area contributed by atoms with E-state index in [1.165, 1.54) is 12.1 Å². The van der Waals surface area contributed by atoms with Crippen molar-refractivity contribution < 1.29 is 23.2 Å². The van der Waals surface area contributed by atoms with Gasteiger partial charge in [-0.1, -0.05) is 5.16 Å². The maximum Gasteiger partial charge on any atom is 0.339 e. The van der Waals surface area contributed by atoms with Gasteiger partial charge in [0.25, 0.3) is 5.71 Å². The van der Waals surface area contributed by atoms with Crippen LogP contribution in [0.2, 0.25) is 0 Å². The lowest BCUT2D eigenvalue weighted by Crippen LogP contribution is -2.15. The van der Waals surface area contributed by atoms with Crippen LogP contribution in [-0.4, -0.2) is 33.1 Å². The van der Waals surface area contributed by atoms with Crippen LogP contribution in [0, 0.1) is 26.6 Å². The zero-order valence-corrected chi connectivity index (χ0v) is 18.5. The molecule has 1 fully saturated rings. The van der Waals surface area contributed by atoms with Crippen molar-refractivity contribution in [2.24, 2.45) is 0 Å². The number of aromatic nitrogens is 3. The molecule has 0 radical (unpaired) electrons. The van der Waals surface area contributed by atoms with Crippen LogP contribution >= 0.6 is 0 Å². The van der Waals surface area contributed by atoms with Gasteiger partial charge in [-0.15, -0.1) is 0 Å². The van der Waals surface area contributed by atoms with E-state index >= 15 is 0 Å². The highest BCUT2D eigenvalue weighted by Gasteiger charge is 2.29. The first-order valence-corrected chi connectivity index (χ1v) is 10.7. The first-order chi connectivity index (χ1) is 15.8. The molecular formula is C25H22FN3O4. The van der Waals surface area contributed by atoms with Crippen molar-refractivity contribution in [3.63, 3.8) is 0 Å². The third kappa shape index (κ3) is 3.82. The number of carbonyl (C=O) groups excluding carboxylic acids is 2. The Morgan fingerprint density at radius 1 is 1.12 bits per heavy atom. The summed E-state index contributed by atoms with van der Waals surface area (Å²) in [5.74, 6) is -1.31. The summed E-state index contributed by atoms with van der Waals surface area (Å²) in [4.78, 5) is 30.3. The van der Waals surface area contributed by atoms with Crippen LogP contribution in [0.25, 0.3) is 22.4 Å². The molecule has 1 saturated carbocycles. The van der Waals surface area contributed by atoms with Gasteiger partial charge in [-0.3, -0.25) is 4.79 Å². The van der Waals surface area contributed by atoms with Gasteiger partial charge in [-0.05, 0) is 70.0 Å². The summed E-state index contributed by atoms with van der Waals surface area (Å²) >= 11 is 0. The number of aryl methyl sites for hydroxylation is 2. The van der Waals surface area contributed by atoms with Crippen LogP contribution in [-0.2, 0) is 4.74 Å². The normalized spacial score (nSPS) is 13.5. The van der Waals surface area contributed by atoms with Crippen molar-refractivity contribution in [1.82, 2.24) is 14.7 Å². The van der Waals surface area contributed by atoms with Gasteiger partial charge in [0.2, 0.25) is 5.78 Å². The maximum atomic E-state index is 13.3. The molecule has 0 bridgehead atoms. The van der Waals surface area contributed by atoms with Crippen molar-refractivity contribution in [2.45, 2.75) is 39.7 Å². The fraction of sp³-hybridized carbons (Fsp3) is 0.280. The molecule has 3 heterocycles. The molecule has 7 nitrogen and oxygen atoms in total. The Labute approximate surface area is 189 Å². The molecule has 0 atom stereocenters. The summed E-state index contributed by atoms with van der Waals surface area (Å²) < 4.78 is 26.2. The van der Waals surface area contributed by atoms with Crippen LogP contribution in [0.3, 0.4) is 0 Å². The fourth-order valence-electron chi connectivity index (χ4n) is 4.26. The van der Waals surface area contributed by atoms with Gasteiger partial charge in [-0.25, -0.2) is 14.2 Å². The van der Waals surface area contributed by atoms with E-state index in [4.69, 9.17) is 9.26 Å². The lowest BCUT2D eigenvalue weighted by atomic mass is 10.1. The van der Waals surface area contributed by atoms with E-state index in [-0.39, 0.29) is 29.5 Å². The Morgan fingerprint density at radius 2 is 1.85 bits per heavy atom. The Bertz CT molecular complexity index is 1400. The van der Waals surface area contributed by atoms with Gasteiger partial charge in [0.05, 0.1) is 22.3 Å². The van der Waals surface area contributed by atoms with Crippen molar-refractivity contribution >= 4 is 22.9 Å². The Kier molecular flexibility index (Phi) is 5.08. The van der Waals surface area contributed by atoms with Crippen LogP contribution in [0.4, 0.5) is 4.39 Å². The highest BCUT2D eigenvalue weighted by Crippen LogP contribution is 2.38. The standard InChI is InChI=1S/C25H22FN3O4/c1-13-10-19(15(3)29(13)18-8-9-18)22(30)12-32-25(31)20-11-21(16-4-6-17(26)7-5-16)27-24-23(20)14(2)28-33-24/h4-7,10-11,18H,8-9,12H2,1-3H3. The molecule has 0 saturated heterocycles. The van der Waals surface area contributed by atoms with Gasteiger partial charge in [0.1, 0.15) is 5.82 Å². The number of esters is 1. The van der Waals surface area contributed by atoms with Crippen LogP contribution in [0.1, 0.15) is 56.7 Å². The summed E-state index contributed by atoms with van der Waals surface area (Å²) in [6.07, 6.45) is 2.23. The monoisotopic (exact) mass is 447 g/mol. The molecule has 3 aromatic heterocycles. The number of fused-ring (bicyclic) bond motifs is 1. The van der Waals surface area contributed by atoms with Crippen LogP contribution in [0.15, 0.2) is 40.9 Å². The maximum absolute atomic E-state index is 13.3. The molecule has 1 aliphatic rings. The van der Waals surface area contributed by atoms with E-state index in [2.05, 4.69) is 14.7 Å². The number of carbonyl (C=O) groups is 2. The average molecular weight is 447 g/mol. The van der Waals surface area contributed by atoms with Crippen molar-refractivity contribution in [3.05, 3.63) is 70.4 Å².